The summed E-state index contributed by atoms with van der Waals surface area (Å²) in [5.74, 6) is 0.944. The molecule has 0 radical (unpaired) electrons. The topological polar surface area (TPSA) is 36.3 Å². The first-order valence-electron chi connectivity index (χ1n) is 6.86. The summed E-state index contributed by atoms with van der Waals surface area (Å²) in [5, 5.41) is 9.51. The van der Waals surface area contributed by atoms with Gasteiger partial charge in [0.05, 0.1) is 17.8 Å². The lowest BCUT2D eigenvalue weighted by atomic mass is 10.1. The van der Waals surface area contributed by atoms with E-state index >= 15 is 0 Å². The smallest absolute Gasteiger partial charge is 0.124 e. The highest BCUT2D eigenvalue weighted by Gasteiger charge is 2.19. The van der Waals surface area contributed by atoms with Crippen molar-refractivity contribution in [2.24, 2.45) is 0 Å². The molecule has 2 aromatic carbocycles. The molecule has 3 nitrogen and oxygen atoms in total. The molecular weight excluding hydrogens is 280 g/mol. The van der Waals surface area contributed by atoms with Gasteiger partial charge < -0.3 is 9.64 Å². The first kappa shape index (κ1) is 13.8. The Balaban J connectivity index is 2.00. The summed E-state index contributed by atoms with van der Waals surface area (Å²) in [7, 11) is 0. The predicted octanol–water partition coefficient (Wildman–Crippen LogP) is 3.68. The predicted molar refractivity (Wildman–Crippen MR) is 85.9 cm³/mol. The maximum Gasteiger partial charge on any atom is 0.124 e. The van der Waals surface area contributed by atoms with Crippen LogP contribution in [-0.2, 0) is 6.54 Å². The minimum Gasteiger partial charge on any atom is -0.491 e. The zero-order valence-electron chi connectivity index (χ0n) is 11.9. The molecule has 0 saturated carbocycles. The van der Waals surface area contributed by atoms with Gasteiger partial charge in [-0.25, -0.2) is 0 Å². The number of nitrogens with zero attached hydrogens (tertiary/aromatic N) is 2. The van der Waals surface area contributed by atoms with Gasteiger partial charge >= 0.3 is 0 Å². The van der Waals surface area contributed by atoms with Crippen LogP contribution in [0.2, 0.25) is 0 Å². The fraction of sp³-hybridized carbons (Fsp3) is 0.235. The van der Waals surface area contributed by atoms with Crippen LogP contribution in [0.1, 0.15) is 11.1 Å². The number of anilines is 1. The molecule has 21 heavy (non-hydrogen) atoms. The van der Waals surface area contributed by atoms with E-state index in [2.05, 4.69) is 17.0 Å². The van der Waals surface area contributed by atoms with E-state index in [1.807, 2.05) is 42.7 Å². The lowest BCUT2D eigenvalue weighted by molar-refractivity contribution is 0.331. The van der Waals surface area contributed by atoms with Crippen molar-refractivity contribution in [1.82, 2.24) is 0 Å². The molecule has 0 amide bonds. The van der Waals surface area contributed by atoms with Gasteiger partial charge in [0.15, 0.2) is 0 Å². The van der Waals surface area contributed by atoms with Gasteiger partial charge in [-0.3, -0.25) is 0 Å². The van der Waals surface area contributed by atoms with Crippen LogP contribution < -0.4 is 9.64 Å². The summed E-state index contributed by atoms with van der Waals surface area (Å²) in [6.45, 7) is 2.18. The molecule has 0 saturated heterocycles. The third-order valence-electron chi connectivity index (χ3n) is 3.63. The van der Waals surface area contributed by atoms with Crippen LogP contribution >= 0.6 is 11.8 Å². The molecular formula is C17H16N2OS. The molecule has 0 fully saturated rings. The zero-order valence-corrected chi connectivity index (χ0v) is 12.7. The minimum absolute atomic E-state index is 0.630. The third kappa shape index (κ3) is 2.70. The fourth-order valence-electron chi connectivity index (χ4n) is 2.60. The summed E-state index contributed by atoms with van der Waals surface area (Å²) >= 11 is 1.61. The molecule has 0 N–H and O–H groups in total. The normalized spacial score (nSPS) is 13.8. The van der Waals surface area contributed by atoms with Crippen LogP contribution in [0.25, 0.3) is 0 Å². The Labute approximate surface area is 129 Å². The van der Waals surface area contributed by atoms with Crippen molar-refractivity contribution in [2.75, 3.05) is 24.3 Å². The van der Waals surface area contributed by atoms with Gasteiger partial charge in [-0.05, 0) is 24.5 Å². The lowest BCUT2D eigenvalue weighted by Crippen LogP contribution is -2.26. The third-order valence-corrected chi connectivity index (χ3v) is 4.41. The molecule has 0 aliphatic carbocycles. The Hall–Kier alpha value is -2.12. The molecule has 0 bridgehead atoms. The molecule has 1 aliphatic rings. The second kappa shape index (κ2) is 6.11. The van der Waals surface area contributed by atoms with Gasteiger partial charge in [0.1, 0.15) is 18.4 Å². The fourth-order valence-corrected chi connectivity index (χ4v) is 3.17. The Morgan fingerprint density at radius 3 is 2.86 bits per heavy atom. The molecule has 4 heteroatoms. The maximum atomic E-state index is 9.51. The standard InChI is InChI=1S/C17H16N2OS/c1-21-17-8-4-6-15(14(17)11-18)19-9-10-20-16-7-3-2-5-13(16)12-19/h2-8H,9-10,12H2,1H3. The van der Waals surface area contributed by atoms with E-state index in [0.717, 1.165) is 40.5 Å². The highest BCUT2D eigenvalue weighted by Crippen LogP contribution is 2.32. The van der Waals surface area contributed by atoms with Gasteiger partial charge in [0.25, 0.3) is 0 Å². The molecule has 0 atom stereocenters. The van der Waals surface area contributed by atoms with Crippen LogP contribution in [0.4, 0.5) is 5.69 Å². The number of hydrogen-bond donors (Lipinski definition) is 0. The SMILES string of the molecule is CSc1cccc(N2CCOc3ccccc3C2)c1C#N. The molecule has 0 unspecified atom stereocenters. The molecule has 0 spiro atoms. The van der Waals surface area contributed by atoms with E-state index in [9.17, 15) is 5.26 Å². The van der Waals surface area contributed by atoms with Crippen LogP contribution in [0.5, 0.6) is 5.75 Å². The lowest BCUT2D eigenvalue weighted by Gasteiger charge is -2.24. The van der Waals surface area contributed by atoms with Crippen molar-refractivity contribution in [2.45, 2.75) is 11.4 Å². The number of hydrogen-bond acceptors (Lipinski definition) is 4. The van der Waals surface area contributed by atoms with Crippen molar-refractivity contribution >= 4 is 17.4 Å². The van der Waals surface area contributed by atoms with Crippen molar-refractivity contribution in [3.05, 3.63) is 53.6 Å². The molecule has 1 heterocycles. The summed E-state index contributed by atoms with van der Waals surface area (Å²) in [5.41, 5.74) is 2.91. The van der Waals surface area contributed by atoms with Gasteiger partial charge in [-0.1, -0.05) is 24.3 Å². The highest BCUT2D eigenvalue weighted by molar-refractivity contribution is 7.98. The minimum atomic E-state index is 0.630. The quantitative estimate of drug-likeness (QED) is 0.792. The molecule has 3 rings (SSSR count). The molecule has 1 aliphatic heterocycles. The first-order chi connectivity index (χ1) is 10.3. The Bertz CT molecular complexity index is 693. The van der Waals surface area contributed by atoms with E-state index in [-0.39, 0.29) is 0 Å². The summed E-state index contributed by atoms with van der Waals surface area (Å²) in [6, 6.07) is 16.5. The van der Waals surface area contributed by atoms with Crippen molar-refractivity contribution < 1.29 is 4.74 Å². The van der Waals surface area contributed by atoms with Crippen LogP contribution in [0, 0.1) is 11.3 Å². The first-order valence-corrected chi connectivity index (χ1v) is 8.08. The van der Waals surface area contributed by atoms with Crippen LogP contribution in [0.3, 0.4) is 0 Å². The number of para-hydroxylation sites is 1. The summed E-state index contributed by atoms with van der Waals surface area (Å²) in [4.78, 5) is 3.25. The monoisotopic (exact) mass is 296 g/mol. The Morgan fingerprint density at radius 2 is 2.05 bits per heavy atom. The van der Waals surface area contributed by atoms with Gasteiger partial charge in [0, 0.05) is 17.0 Å². The number of benzene rings is 2. The second-order valence-corrected chi connectivity index (χ2v) is 5.69. The number of thioether (sulfide) groups is 1. The van der Waals surface area contributed by atoms with E-state index in [4.69, 9.17) is 4.74 Å². The number of nitriles is 1. The van der Waals surface area contributed by atoms with E-state index < -0.39 is 0 Å². The van der Waals surface area contributed by atoms with Gasteiger partial charge in [-0.2, -0.15) is 5.26 Å². The second-order valence-electron chi connectivity index (χ2n) is 4.84. The van der Waals surface area contributed by atoms with E-state index in [1.165, 1.54) is 0 Å². The summed E-state index contributed by atoms with van der Waals surface area (Å²) < 4.78 is 5.80. The largest absolute Gasteiger partial charge is 0.491 e. The number of rotatable bonds is 2. The average Bonchev–Trinajstić information content (AvgIpc) is 2.76. The molecule has 0 aromatic heterocycles. The van der Waals surface area contributed by atoms with E-state index in [0.29, 0.717) is 6.61 Å². The molecule has 106 valence electrons. The number of ether oxygens (including phenoxy) is 1. The maximum absolute atomic E-state index is 9.51. The molecule has 2 aromatic rings. The number of fused-ring (bicyclic) bond motifs is 1. The highest BCUT2D eigenvalue weighted by atomic mass is 32.2. The Morgan fingerprint density at radius 1 is 1.19 bits per heavy atom. The van der Waals surface area contributed by atoms with E-state index in [1.54, 1.807) is 11.8 Å². The average molecular weight is 296 g/mol. The van der Waals surface area contributed by atoms with Gasteiger partial charge in [-0.15, -0.1) is 11.8 Å². The zero-order chi connectivity index (χ0) is 14.7. The summed E-state index contributed by atoms with van der Waals surface area (Å²) in [6.07, 6.45) is 2.00. The van der Waals surface area contributed by atoms with Crippen LogP contribution in [0.15, 0.2) is 47.4 Å². The van der Waals surface area contributed by atoms with Crippen molar-refractivity contribution in [3.8, 4) is 11.8 Å². The van der Waals surface area contributed by atoms with Crippen molar-refractivity contribution in [1.29, 1.82) is 5.26 Å². The van der Waals surface area contributed by atoms with Crippen LogP contribution in [-0.4, -0.2) is 19.4 Å². The Kier molecular flexibility index (Phi) is 4.03. The van der Waals surface area contributed by atoms with Crippen molar-refractivity contribution in [3.63, 3.8) is 0 Å². The van der Waals surface area contributed by atoms with Gasteiger partial charge in [0.2, 0.25) is 0 Å².